The number of hydrogen-bond acceptors (Lipinski definition) is 3. The summed E-state index contributed by atoms with van der Waals surface area (Å²) in [5, 5.41) is -0.540. The van der Waals surface area contributed by atoms with Gasteiger partial charge in [-0.25, -0.2) is 13.4 Å². The van der Waals surface area contributed by atoms with Crippen molar-refractivity contribution in [3.8, 4) is 0 Å². The second kappa shape index (κ2) is 5.92. The van der Waals surface area contributed by atoms with Gasteiger partial charge in [0.05, 0.1) is 15.5 Å². The van der Waals surface area contributed by atoms with E-state index >= 15 is 0 Å². The summed E-state index contributed by atoms with van der Waals surface area (Å²) in [6.07, 6.45) is -1.67. The van der Waals surface area contributed by atoms with Crippen LogP contribution in [-0.2, 0) is 28.3 Å². The van der Waals surface area contributed by atoms with E-state index in [1.165, 1.54) is 6.20 Å². The summed E-state index contributed by atoms with van der Waals surface area (Å²) in [5.74, 6) is -0.210. The predicted molar refractivity (Wildman–Crippen MR) is 75.2 cm³/mol. The van der Waals surface area contributed by atoms with Crippen molar-refractivity contribution in [1.82, 2.24) is 9.55 Å². The molecule has 1 aromatic heterocycles. The zero-order chi connectivity index (χ0) is 16.5. The summed E-state index contributed by atoms with van der Waals surface area (Å²) in [6, 6.07) is 2.55. The highest BCUT2D eigenvalue weighted by Gasteiger charge is 2.34. The minimum atomic E-state index is -4.72. The number of sulfone groups is 1. The van der Waals surface area contributed by atoms with E-state index < -0.39 is 37.2 Å². The molecule has 0 aliphatic heterocycles. The van der Waals surface area contributed by atoms with Crippen LogP contribution in [0, 0.1) is 0 Å². The first-order valence-corrected chi connectivity index (χ1v) is 8.27. The van der Waals surface area contributed by atoms with Crippen LogP contribution in [-0.4, -0.2) is 18.0 Å². The fraction of sp³-hybridized carbons (Fsp3) is 0.308. The Labute approximate surface area is 130 Å². The highest BCUT2D eigenvalue weighted by Crippen LogP contribution is 2.36. The lowest BCUT2D eigenvalue weighted by atomic mass is 10.2. The van der Waals surface area contributed by atoms with Crippen molar-refractivity contribution in [1.29, 1.82) is 0 Å². The lowest BCUT2D eigenvalue weighted by Gasteiger charge is -2.11. The van der Waals surface area contributed by atoms with E-state index in [1.54, 1.807) is 10.8 Å². The fourth-order valence-electron chi connectivity index (χ4n) is 1.94. The molecule has 9 heteroatoms. The molecule has 4 nitrogen and oxygen atoms in total. The summed E-state index contributed by atoms with van der Waals surface area (Å²) in [4.78, 5) is 3.49. The maximum Gasteiger partial charge on any atom is 0.417 e. The number of aromatic nitrogens is 2. The number of rotatable bonds is 4. The first-order chi connectivity index (χ1) is 10.1. The quantitative estimate of drug-likeness (QED) is 0.845. The minimum absolute atomic E-state index is 0.269. The van der Waals surface area contributed by atoms with Crippen LogP contribution in [0.15, 0.2) is 35.5 Å². The highest BCUT2D eigenvalue weighted by molar-refractivity contribution is 7.90. The van der Waals surface area contributed by atoms with Crippen LogP contribution in [0.2, 0.25) is 5.02 Å². The molecule has 22 heavy (non-hydrogen) atoms. The van der Waals surface area contributed by atoms with Crippen LogP contribution < -0.4 is 0 Å². The second-order valence-electron chi connectivity index (χ2n) is 4.53. The molecule has 0 spiro atoms. The summed E-state index contributed by atoms with van der Waals surface area (Å²) in [6.45, 7) is 2.32. The molecular weight excluding hydrogens is 341 g/mol. The maximum absolute atomic E-state index is 12.8. The van der Waals surface area contributed by atoms with Crippen molar-refractivity contribution in [3.63, 3.8) is 0 Å². The average Bonchev–Trinajstić information content (AvgIpc) is 2.84. The molecule has 120 valence electrons. The van der Waals surface area contributed by atoms with Crippen LogP contribution in [0.4, 0.5) is 13.2 Å². The van der Waals surface area contributed by atoms with Crippen molar-refractivity contribution in [2.75, 3.05) is 0 Å². The van der Waals surface area contributed by atoms with Crippen molar-refractivity contribution in [2.24, 2.45) is 0 Å². The number of hydrogen-bond donors (Lipinski definition) is 0. The Balaban J connectivity index is 2.42. The molecule has 2 aromatic rings. The number of imidazole rings is 1. The molecule has 2 rings (SSSR count). The maximum atomic E-state index is 12.8. The van der Waals surface area contributed by atoms with Gasteiger partial charge >= 0.3 is 6.18 Å². The molecule has 0 radical (unpaired) electrons. The van der Waals surface area contributed by atoms with Crippen molar-refractivity contribution in [2.45, 2.75) is 30.3 Å². The standard InChI is InChI=1S/C13H12ClF3N2O2S/c1-2-19-6-5-18-12(19)8-22(20,21)9-3-4-11(14)10(7-9)13(15,16)17/h3-7H,2,8H2,1H3. The molecule has 0 fully saturated rings. The Bertz CT molecular complexity index is 785. The van der Waals surface area contributed by atoms with Gasteiger partial charge in [0.2, 0.25) is 0 Å². The van der Waals surface area contributed by atoms with Crippen molar-refractivity contribution in [3.05, 3.63) is 47.0 Å². The second-order valence-corrected chi connectivity index (χ2v) is 6.92. The first-order valence-electron chi connectivity index (χ1n) is 6.24. The zero-order valence-electron chi connectivity index (χ0n) is 11.4. The zero-order valence-corrected chi connectivity index (χ0v) is 13.0. The van der Waals surface area contributed by atoms with Crippen LogP contribution in [0.25, 0.3) is 0 Å². The molecule has 0 aliphatic carbocycles. The van der Waals surface area contributed by atoms with E-state index in [4.69, 9.17) is 11.6 Å². The van der Waals surface area contributed by atoms with Crippen LogP contribution in [0.3, 0.4) is 0 Å². The minimum Gasteiger partial charge on any atom is -0.334 e. The Morgan fingerprint density at radius 1 is 1.32 bits per heavy atom. The van der Waals surface area contributed by atoms with E-state index in [2.05, 4.69) is 4.98 Å². The van der Waals surface area contributed by atoms with E-state index in [-0.39, 0.29) is 5.82 Å². The molecule has 0 N–H and O–H groups in total. The van der Waals surface area contributed by atoms with Gasteiger partial charge in [-0.05, 0) is 25.1 Å². The summed E-state index contributed by atoms with van der Waals surface area (Å²) < 4.78 is 64.6. The Morgan fingerprint density at radius 2 is 2.00 bits per heavy atom. The number of nitrogens with zero attached hydrogens (tertiary/aromatic N) is 2. The van der Waals surface area contributed by atoms with Crippen LogP contribution in [0.5, 0.6) is 0 Å². The van der Waals surface area contributed by atoms with Gasteiger partial charge in [-0.1, -0.05) is 11.6 Å². The summed E-state index contributed by atoms with van der Waals surface area (Å²) in [7, 11) is -3.96. The van der Waals surface area contributed by atoms with Gasteiger partial charge < -0.3 is 4.57 Å². The molecule has 1 heterocycles. The van der Waals surface area contributed by atoms with E-state index in [0.717, 1.165) is 12.1 Å². The Kier molecular flexibility index (Phi) is 4.53. The first kappa shape index (κ1) is 16.8. The normalized spacial score (nSPS) is 12.6. The molecule has 0 saturated heterocycles. The summed E-state index contributed by atoms with van der Waals surface area (Å²) >= 11 is 5.49. The van der Waals surface area contributed by atoms with Gasteiger partial charge in [0.25, 0.3) is 0 Å². The van der Waals surface area contributed by atoms with E-state index in [1.807, 2.05) is 6.92 Å². The van der Waals surface area contributed by atoms with Gasteiger partial charge in [-0.2, -0.15) is 13.2 Å². The Hall–Kier alpha value is -1.54. The smallest absolute Gasteiger partial charge is 0.334 e. The number of aryl methyl sites for hydroxylation is 1. The van der Waals surface area contributed by atoms with Gasteiger partial charge in [0.15, 0.2) is 9.84 Å². The lowest BCUT2D eigenvalue weighted by molar-refractivity contribution is -0.137. The van der Waals surface area contributed by atoms with Crippen LogP contribution >= 0.6 is 11.6 Å². The topological polar surface area (TPSA) is 52.0 Å². The average molecular weight is 353 g/mol. The third-order valence-corrected chi connectivity index (χ3v) is 5.00. The Morgan fingerprint density at radius 3 is 2.59 bits per heavy atom. The molecular formula is C13H12ClF3N2O2S. The van der Waals surface area contributed by atoms with Crippen molar-refractivity contribution >= 4 is 21.4 Å². The van der Waals surface area contributed by atoms with E-state index in [0.29, 0.717) is 12.6 Å². The molecule has 0 amide bonds. The molecule has 0 atom stereocenters. The van der Waals surface area contributed by atoms with Gasteiger partial charge in [-0.3, -0.25) is 0 Å². The number of halogens is 4. The molecule has 1 aromatic carbocycles. The molecule has 0 bridgehead atoms. The van der Waals surface area contributed by atoms with Crippen LogP contribution in [0.1, 0.15) is 18.3 Å². The number of alkyl halides is 3. The summed E-state index contributed by atoms with van der Waals surface area (Å²) in [5.41, 5.74) is -1.17. The molecule has 0 aliphatic rings. The number of benzene rings is 1. The third-order valence-electron chi connectivity index (χ3n) is 3.06. The lowest BCUT2D eigenvalue weighted by Crippen LogP contribution is -2.12. The predicted octanol–water partition coefficient (Wildman–Crippen LogP) is 3.55. The molecule has 0 unspecified atom stereocenters. The SMILES string of the molecule is CCn1ccnc1CS(=O)(=O)c1ccc(Cl)c(C(F)(F)F)c1. The van der Waals surface area contributed by atoms with Gasteiger partial charge in [0, 0.05) is 18.9 Å². The van der Waals surface area contributed by atoms with Gasteiger partial charge in [0.1, 0.15) is 11.6 Å². The molecule has 0 saturated carbocycles. The van der Waals surface area contributed by atoms with Crippen molar-refractivity contribution < 1.29 is 21.6 Å². The van der Waals surface area contributed by atoms with E-state index in [9.17, 15) is 21.6 Å². The largest absolute Gasteiger partial charge is 0.417 e. The fourth-order valence-corrected chi connectivity index (χ4v) is 3.48. The third kappa shape index (κ3) is 3.44. The monoisotopic (exact) mass is 352 g/mol. The van der Waals surface area contributed by atoms with Gasteiger partial charge in [-0.15, -0.1) is 0 Å². The highest BCUT2D eigenvalue weighted by atomic mass is 35.5.